The lowest BCUT2D eigenvalue weighted by atomic mass is 10.1. The van der Waals surface area contributed by atoms with Gasteiger partial charge in [0.05, 0.1) is 11.8 Å². The quantitative estimate of drug-likeness (QED) is 0.823. The summed E-state index contributed by atoms with van der Waals surface area (Å²) in [4.78, 5) is 0. The van der Waals surface area contributed by atoms with Crippen LogP contribution in [0, 0.1) is 0 Å². The zero-order valence-electron chi connectivity index (χ0n) is 11.8. The van der Waals surface area contributed by atoms with E-state index < -0.39 is 0 Å². The van der Waals surface area contributed by atoms with Crippen LogP contribution in [0.15, 0.2) is 36.5 Å². The summed E-state index contributed by atoms with van der Waals surface area (Å²) in [7, 11) is 3.64. The van der Waals surface area contributed by atoms with Crippen molar-refractivity contribution in [2.75, 3.05) is 7.11 Å². The van der Waals surface area contributed by atoms with Gasteiger partial charge < -0.3 is 4.74 Å². The molecule has 1 aromatic heterocycles. The summed E-state index contributed by atoms with van der Waals surface area (Å²) in [5.41, 5.74) is 3.29. The van der Waals surface area contributed by atoms with Crippen LogP contribution in [0.5, 0.6) is 0 Å². The van der Waals surface area contributed by atoms with E-state index in [0.717, 1.165) is 11.3 Å². The molecule has 1 heterocycles. The third-order valence-electron chi connectivity index (χ3n) is 2.72. The first-order chi connectivity index (χ1) is 8.70. The number of hydrogen-bond donors (Lipinski definition) is 0. The monoisotopic (exact) mass is 246 g/mol. The normalized spacial score (nSPS) is 11.6. The van der Waals surface area contributed by atoms with E-state index in [9.17, 15) is 0 Å². The maximum Gasteiger partial charge on any atom is 0.0923 e. The molecule has 0 aliphatic heterocycles. The van der Waals surface area contributed by atoms with E-state index in [4.69, 9.17) is 4.74 Å². The van der Waals surface area contributed by atoms with E-state index in [1.54, 1.807) is 7.11 Å². The first-order valence-electron chi connectivity index (χ1n) is 6.33. The Bertz CT molecular complexity index is 477. The van der Waals surface area contributed by atoms with Crippen LogP contribution in [0.3, 0.4) is 0 Å². The molecule has 1 atom stereocenters. The minimum absolute atomic E-state index is 0.115. The van der Waals surface area contributed by atoms with Crippen LogP contribution in [0.4, 0.5) is 0 Å². The van der Waals surface area contributed by atoms with Crippen LogP contribution < -0.4 is 0 Å². The van der Waals surface area contributed by atoms with Gasteiger partial charge in [-0.3, -0.25) is 4.68 Å². The zero-order chi connectivity index (χ0) is 13.5. The molecular weight excluding hydrogens is 224 g/mol. The molecule has 3 nitrogen and oxygen atoms in total. The number of aromatic nitrogens is 2. The summed E-state index contributed by atoms with van der Waals surface area (Å²) in [6.45, 7) is 6.04. The number of benzene rings is 1. The molecule has 18 heavy (non-hydrogen) atoms. The Morgan fingerprint density at radius 2 is 1.94 bits per heavy atom. The van der Waals surface area contributed by atoms with Gasteiger partial charge in [0.1, 0.15) is 0 Å². The molecule has 0 aliphatic carbocycles. The first kappa shape index (κ1) is 14.5. The molecule has 0 radical (unpaired) electrons. The average molecular weight is 246 g/mol. The molecule has 0 saturated heterocycles. The van der Waals surface area contributed by atoms with Crippen LogP contribution in [0.2, 0.25) is 0 Å². The summed E-state index contributed by atoms with van der Waals surface area (Å²) in [5, 5.41) is 4.38. The van der Waals surface area contributed by atoms with E-state index in [1.165, 1.54) is 5.56 Å². The number of nitrogens with zero attached hydrogens (tertiary/aromatic N) is 2. The van der Waals surface area contributed by atoms with E-state index in [-0.39, 0.29) is 6.10 Å². The minimum Gasteiger partial charge on any atom is -0.377 e. The summed E-state index contributed by atoms with van der Waals surface area (Å²) in [6, 6.07) is 10.3. The zero-order valence-corrected chi connectivity index (χ0v) is 11.8. The van der Waals surface area contributed by atoms with Gasteiger partial charge in [-0.15, -0.1) is 0 Å². The highest BCUT2D eigenvalue weighted by Gasteiger charge is 2.06. The summed E-state index contributed by atoms with van der Waals surface area (Å²) >= 11 is 0. The topological polar surface area (TPSA) is 27.1 Å². The molecule has 0 N–H and O–H groups in total. The van der Waals surface area contributed by atoms with Crippen molar-refractivity contribution in [2.24, 2.45) is 7.05 Å². The van der Waals surface area contributed by atoms with Gasteiger partial charge in [0.25, 0.3) is 0 Å². The number of methoxy groups -OCH3 is 1. The predicted octanol–water partition coefficient (Wildman–Crippen LogP) is 3.82. The van der Waals surface area contributed by atoms with Crippen LogP contribution >= 0.6 is 0 Å². The van der Waals surface area contributed by atoms with Gasteiger partial charge in [0.15, 0.2) is 0 Å². The number of hydrogen-bond acceptors (Lipinski definition) is 2. The maximum atomic E-state index is 5.31. The molecule has 2 aromatic rings. The Hall–Kier alpha value is -1.61. The minimum atomic E-state index is 0.115. The lowest BCUT2D eigenvalue weighted by molar-refractivity contribution is 0.119. The summed E-state index contributed by atoms with van der Waals surface area (Å²) in [5.74, 6) is 0. The summed E-state index contributed by atoms with van der Waals surface area (Å²) < 4.78 is 7.11. The van der Waals surface area contributed by atoms with Gasteiger partial charge in [-0.25, -0.2) is 0 Å². The van der Waals surface area contributed by atoms with Crippen molar-refractivity contribution in [3.63, 3.8) is 0 Å². The van der Waals surface area contributed by atoms with Gasteiger partial charge in [-0.05, 0) is 24.6 Å². The van der Waals surface area contributed by atoms with Gasteiger partial charge >= 0.3 is 0 Å². The standard InChI is InChI=1S/C13H16N2O.C2H6/c1-10(16-3)11-5-4-6-12(9-11)13-7-8-15(2)14-13;1-2/h4-10H,1-3H3;1-2H3. The van der Waals surface area contributed by atoms with E-state index in [1.807, 2.05) is 50.8 Å². The second-order valence-corrected chi connectivity index (χ2v) is 3.88. The molecule has 0 aliphatic rings. The fourth-order valence-electron chi connectivity index (χ4n) is 1.66. The number of aryl methyl sites for hydroxylation is 1. The second-order valence-electron chi connectivity index (χ2n) is 3.88. The fraction of sp³-hybridized carbons (Fsp3) is 0.400. The third-order valence-corrected chi connectivity index (χ3v) is 2.72. The van der Waals surface area contributed by atoms with E-state index in [2.05, 4.69) is 23.3 Å². The predicted molar refractivity (Wildman–Crippen MR) is 75.4 cm³/mol. The number of rotatable bonds is 3. The molecular formula is C15H22N2O. The second kappa shape index (κ2) is 6.97. The lowest BCUT2D eigenvalue weighted by Gasteiger charge is -2.10. The molecule has 0 fully saturated rings. The van der Waals surface area contributed by atoms with Gasteiger partial charge in [-0.2, -0.15) is 5.10 Å². The molecule has 3 heteroatoms. The Balaban J connectivity index is 0.000000771. The Labute approximate surface area is 109 Å². The molecule has 0 spiro atoms. The van der Waals surface area contributed by atoms with Crippen LogP contribution in [0.1, 0.15) is 32.4 Å². The molecule has 1 aromatic carbocycles. The molecule has 2 rings (SSSR count). The van der Waals surface area contributed by atoms with Gasteiger partial charge in [-0.1, -0.05) is 32.0 Å². The van der Waals surface area contributed by atoms with Gasteiger partial charge in [0.2, 0.25) is 0 Å². The highest BCUT2D eigenvalue weighted by Crippen LogP contribution is 2.22. The fourth-order valence-corrected chi connectivity index (χ4v) is 1.66. The van der Waals surface area contributed by atoms with Crippen molar-refractivity contribution in [1.29, 1.82) is 0 Å². The Morgan fingerprint density at radius 1 is 1.22 bits per heavy atom. The molecule has 98 valence electrons. The number of ether oxygens (including phenoxy) is 1. The van der Waals surface area contributed by atoms with Crippen molar-refractivity contribution in [1.82, 2.24) is 9.78 Å². The third kappa shape index (κ3) is 3.44. The van der Waals surface area contributed by atoms with Crippen molar-refractivity contribution >= 4 is 0 Å². The molecule has 1 unspecified atom stereocenters. The molecule has 0 bridgehead atoms. The first-order valence-corrected chi connectivity index (χ1v) is 6.33. The average Bonchev–Trinajstić information content (AvgIpc) is 2.87. The lowest BCUT2D eigenvalue weighted by Crippen LogP contribution is -1.96. The molecule has 0 amide bonds. The Kier molecular flexibility index (Phi) is 5.59. The van der Waals surface area contributed by atoms with E-state index >= 15 is 0 Å². The molecule has 0 saturated carbocycles. The van der Waals surface area contributed by atoms with Crippen LogP contribution in [0.25, 0.3) is 11.3 Å². The van der Waals surface area contributed by atoms with E-state index in [0.29, 0.717) is 0 Å². The smallest absolute Gasteiger partial charge is 0.0923 e. The van der Waals surface area contributed by atoms with Crippen LogP contribution in [-0.4, -0.2) is 16.9 Å². The Morgan fingerprint density at radius 3 is 2.50 bits per heavy atom. The largest absolute Gasteiger partial charge is 0.377 e. The maximum absolute atomic E-state index is 5.31. The van der Waals surface area contributed by atoms with Crippen molar-refractivity contribution in [3.8, 4) is 11.3 Å². The summed E-state index contributed by atoms with van der Waals surface area (Å²) in [6.07, 6.45) is 2.06. The van der Waals surface area contributed by atoms with Crippen molar-refractivity contribution in [3.05, 3.63) is 42.1 Å². The van der Waals surface area contributed by atoms with Crippen molar-refractivity contribution < 1.29 is 4.74 Å². The van der Waals surface area contributed by atoms with Crippen molar-refractivity contribution in [2.45, 2.75) is 26.9 Å². The highest BCUT2D eigenvalue weighted by molar-refractivity contribution is 5.59. The van der Waals surface area contributed by atoms with Crippen LogP contribution in [-0.2, 0) is 11.8 Å². The SMILES string of the molecule is CC.COC(C)c1cccc(-c2ccn(C)n2)c1. The highest BCUT2D eigenvalue weighted by atomic mass is 16.5. The van der Waals surface area contributed by atoms with Gasteiger partial charge in [0, 0.05) is 25.9 Å².